The summed E-state index contributed by atoms with van der Waals surface area (Å²) < 4.78 is 0. The van der Waals surface area contributed by atoms with Crippen LogP contribution >= 0.6 is 0 Å². The second-order valence-electron chi connectivity index (χ2n) is 8.55. The zero-order chi connectivity index (χ0) is 25.6. The molecule has 0 radical (unpaired) electrons. The number of benzene rings is 1. The lowest BCUT2D eigenvalue weighted by atomic mass is 9.93. The minimum absolute atomic E-state index is 0.436. The second-order valence-corrected chi connectivity index (χ2v) is 8.55. The molecule has 1 aromatic carbocycles. The molecule has 1 aromatic rings. The summed E-state index contributed by atoms with van der Waals surface area (Å²) in [6.45, 7) is 27.2. The van der Waals surface area contributed by atoms with E-state index in [2.05, 4.69) is 81.9 Å². The number of hydrogen-bond acceptors (Lipinski definition) is 4. The Morgan fingerprint density at radius 3 is 2.09 bits per heavy atom. The number of nitrogens with zero attached hydrogens (tertiary/aromatic N) is 1. The van der Waals surface area contributed by atoms with E-state index < -0.39 is 0 Å². The number of nitrogens with one attached hydrogen (secondary N) is 1. The van der Waals surface area contributed by atoms with E-state index in [-0.39, 0.29) is 0 Å². The first-order chi connectivity index (χ1) is 15.7. The monoisotopic (exact) mass is 458 g/mol. The van der Waals surface area contributed by atoms with Crippen molar-refractivity contribution in [3.63, 3.8) is 0 Å². The van der Waals surface area contributed by atoms with E-state index in [1.54, 1.807) is 0 Å². The van der Waals surface area contributed by atoms with Gasteiger partial charge in [0.1, 0.15) is 0 Å². The van der Waals surface area contributed by atoms with Crippen LogP contribution in [0.5, 0.6) is 0 Å². The molecular weight excluding hydrogens is 404 g/mol. The van der Waals surface area contributed by atoms with Gasteiger partial charge in [0.2, 0.25) is 0 Å². The van der Waals surface area contributed by atoms with Crippen molar-refractivity contribution in [2.45, 2.75) is 80.1 Å². The molecule has 0 aliphatic carbocycles. The Morgan fingerprint density at radius 1 is 1.00 bits per heavy atom. The van der Waals surface area contributed by atoms with E-state index in [4.69, 9.17) is 11.5 Å². The summed E-state index contributed by atoms with van der Waals surface area (Å²) >= 11 is 0. The first-order valence-corrected chi connectivity index (χ1v) is 12.8. The second kappa shape index (κ2) is 21.6. The summed E-state index contributed by atoms with van der Waals surface area (Å²) in [6.07, 6.45) is 7.14. The van der Waals surface area contributed by atoms with E-state index in [0.29, 0.717) is 24.2 Å². The minimum Gasteiger partial charge on any atom is -0.386 e. The van der Waals surface area contributed by atoms with Crippen LogP contribution in [-0.2, 0) is 6.42 Å². The standard InChI is InChI=1S/C19H31N3.C8H17N.C2H6/c1-6-15(2)16(3)14-22(18(5)21-17(4)20)13-12-19-10-8-7-9-11-19;1-3-4-5-6-8(2)7-9;1-2/h7-11,15-16,21H,4-6,12-14,20H2,1-3H3;2-7,9H2,1H3;1-2H3. The van der Waals surface area contributed by atoms with Gasteiger partial charge >= 0.3 is 0 Å². The fourth-order valence-corrected chi connectivity index (χ4v) is 3.17. The van der Waals surface area contributed by atoms with Crippen LogP contribution in [0.3, 0.4) is 0 Å². The zero-order valence-corrected chi connectivity index (χ0v) is 22.6. The summed E-state index contributed by atoms with van der Waals surface area (Å²) in [5.41, 5.74) is 13.5. The molecule has 4 nitrogen and oxygen atoms in total. The average Bonchev–Trinajstić information content (AvgIpc) is 2.82. The first-order valence-electron chi connectivity index (χ1n) is 12.8. The highest BCUT2D eigenvalue weighted by atomic mass is 15.3. The molecular formula is C29H54N4. The molecule has 0 aromatic heterocycles. The smallest absolute Gasteiger partial charge is 0.0994 e. The highest BCUT2D eigenvalue weighted by Gasteiger charge is 2.16. The summed E-state index contributed by atoms with van der Waals surface area (Å²) in [7, 11) is 0. The quantitative estimate of drug-likeness (QED) is 0.199. The normalized spacial score (nSPS) is 11.6. The SMILES string of the molecule is C=C(CN)CCCCC.C=C(N)NC(=C)N(CCc1ccccc1)CC(C)C(C)CC.CC. The summed E-state index contributed by atoms with van der Waals surface area (Å²) in [4.78, 5) is 2.28. The molecule has 5 N–H and O–H groups in total. The lowest BCUT2D eigenvalue weighted by Crippen LogP contribution is -2.37. The molecule has 4 heteroatoms. The van der Waals surface area contributed by atoms with Crippen molar-refractivity contribution >= 4 is 0 Å². The van der Waals surface area contributed by atoms with Crippen LogP contribution < -0.4 is 16.8 Å². The fraction of sp³-hybridized carbons (Fsp3) is 0.586. The molecule has 0 bridgehead atoms. The van der Waals surface area contributed by atoms with Gasteiger partial charge in [-0.25, -0.2) is 0 Å². The Hall–Kier alpha value is -2.20. The van der Waals surface area contributed by atoms with Crippen LogP contribution in [0.15, 0.2) is 67.3 Å². The summed E-state index contributed by atoms with van der Waals surface area (Å²) in [5.74, 6) is 2.56. The molecule has 0 fully saturated rings. The van der Waals surface area contributed by atoms with Gasteiger partial charge < -0.3 is 21.7 Å². The third kappa shape index (κ3) is 18.0. The molecule has 2 atom stereocenters. The predicted octanol–water partition coefficient (Wildman–Crippen LogP) is 6.81. The van der Waals surface area contributed by atoms with Gasteiger partial charge in [-0.2, -0.15) is 0 Å². The molecule has 1 rings (SSSR count). The van der Waals surface area contributed by atoms with E-state index in [1.807, 2.05) is 19.9 Å². The van der Waals surface area contributed by atoms with E-state index in [1.165, 1.54) is 36.8 Å². The van der Waals surface area contributed by atoms with Crippen LogP contribution in [-0.4, -0.2) is 24.5 Å². The van der Waals surface area contributed by atoms with Gasteiger partial charge in [-0.05, 0) is 36.7 Å². The van der Waals surface area contributed by atoms with Crippen LogP contribution in [0.2, 0.25) is 0 Å². The van der Waals surface area contributed by atoms with E-state index >= 15 is 0 Å². The van der Waals surface area contributed by atoms with Crippen LogP contribution in [0.4, 0.5) is 0 Å². The lowest BCUT2D eigenvalue weighted by Gasteiger charge is -2.32. The number of unbranched alkanes of at least 4 members (excludes halogenated alkanes) is 2. The van der Waals surface area contributed by atoms with Gasteiger partial charge in [0.05, 0.1) is 11.6 Å². The third-order valence-corrected chi connectivity index (χ3v) is 5.75. The Labute approximate surface area is 206 Å². The van der Waals surface area contributed by atoms with Crippen molar-refractivity contribution in [2.24, 2.45) is 23.3 Å². The third-order valence-electron chi connectivity index (χ3n) is 5.75. The maximum atomic E-state index is 5.66. The molecule has 0 saturated carbocycles. The van der Waals surface area contributed by atoms with Crippen LogP contribution in [0, 0.1) is 11.8 Å². The average molecular weight is 459 g/mol. The van der Waals surface area contributed by atoms with Crippen molar-refractivity contribution in [1.29, 1.82) is 0 Å². The lowest BCUT2D eigenvalue weighted by molar-refractivity contribution is 0.238. The number of rotatable bonds is 15. The molecule has 0 heterocycles. The van der Waals surface area contributed by atoms with Crippen LogP contribution in [0.25, 0.3) is 0 Å². The summed E-state index contributed by atoms with van der Waals surface area (Å²) in [5, 5.41) is 3.06. The Morgan fingerprint density at radius 2 is 1.61 bits per heavy atom. The first kappa shape index (κ1) is 33.0. The maximum Gasteiger partial charge on any atom is 0.0994 e. The molecule has 0 aliphatic heterocycles. The van der Waals surface area contributed by atoms with Gasteiger partial charge in [-0.1, -0.05) is 116 Å². The van der Waals surface area contributed by atoms with Crippen LogP contribution in [0.1, 0.15) is 79.2 Å². The van der Waals surface area contributed by atoms with E-state index in [0.717, 1.165) is 31.8 Å². The van der Waals surface area contributed by atoms with Gasteiger partial charge in [-0.3, -0.25) is 0 Å². The zero-order valence-electron chi connectivity index (χ0n) is 22.6. The van der Waals surface area contributed by atoms with Gasteiger partial charge in [0, 0.05) is 19.6 Å². The van der Waals surface area contributed by atoms with E-state index in [9.17, 15) is 0 Å². The number of hydrogen-bond donors (Lipinski definition) is 3. The molecule has 0 spiro atoms. The molecule has 0 aliphatic rings. The largest absolute Gasteiger partial charge is 0.386 e. The van der Waals surface area contributed by atoms with Crippen molar-refractivity contribution in [2.75, 3.05) is 19.6 Å². The van der Waals surface area contributed by atoms with Crippen molar-refractivity contribution < 1.29 is 0 Å². The Bertz CT molecular complexity index is 624. The topological polar surface area (TPSA) is 67.3 Å². The van der Waals surface area contributed by atoms with Gasteiger partial charge in [0.15, 0.2) is 0 Å². The van der Waals surface area contributed by atoms with Crippen molar-refractivity contribution in [3.05, 3.63) is 72.8 Å². The predicted molar refractivity (Wildman–Crippen MR) is 150 cm³/mol. The summed E-state index contributed by atoms with van der Waals surface area (Å²) in [6, 6.07) is 10.5. The van der Waals surface area contributed by atoms with Gasteiger partial charge in [-0.15, -0.1) is 0 Å². The Balaban J connectivity index is 0. The molecule has 0 amide bonds. The molecule has 190 valence electrons. The molecule has 2 unspecified atom stereocenters. The van der Waals surface area contributed by atoms with Crippen molar-refractivity contribution in [1.82, 2.24) is 10.2 Å². The van der Waals surface area contributed by atoms with Gasteiger partial charge in [0.25, 0.3) is 0 Å². The number of nitrogens with two attached hydrogens (primary N) is 2. The molecule has 33 heavy (non-hydrogen) atoms. The molecule has 0 saturated heterocycles. The highest BCUT2D eigenvalue weighted by molar-refractivity contribution is 5.15. The highest BCUT2D eigenvalue weighted by Crippen LogP contribution is 2.18. The minimum atomic E-state index is 0.436. The maximum absolute atomic E-state index is 5.66. The Kier molecular flexibility index (Phi) is 21.6. The fourth-order valence-electron chi connectivity index (χ4n) is 3.17. The van der Waals surface area contributed by atoms with Crippen molar-refractivity contribution in [3.8, 4) is 0 Å².